The van der Waals surface area contributed by atoms with Crippen LogP contribution in [0.4, 0.5) is 0 Å². The van der Waals surface area contributed by atoms with Crippen molar-refractivity contribution in [3.63, 3.8) is 0 Å². The highest BCUT2D eigenvalue weighted by atomic mass is 32.2. The number of thioether (sulfide) groups is 1. The highest BCUT2D eigenvalue weighted by Gasteiger charge is 2.10. The molecule has 14 heavy (non-hydrogen) atoms. The number of rotatable bonds is 2. The smallest absolute Gasteiger partial charge is 0.0372 e. The van der Waals surface area contributed by atoms with Gasteiger partial charge in [0.25, 0.3) is 0 Å². The van der Waals surface area contributed by atoms with Crippen LogP contribution in [-0.4, -0.2) is 34.5 Å². The minimum absolute atomic E-state index is 1.06. The Morgan fingerprint density at radius 1 is 1.36 bits per heavy atom. The summed E-state index contributed by atoms with van der Waals surface area (Å²) >= 11 is 2.05. The SMILES string of the molecule is Cc1ccc(CN2CCSCC2)cn1. The van der Waals surface area contributed by atoms with Crippen LogP contribution in [0.3, 0.4) is 0 Å². The molecule has 1 aromatic rings. The molecule has 2 heterocycles. The number of pyridine rings is 1. The number of hydrogen-bond donors (Lipinski definition) is 0. The summed E-state index contributed by atoms with van der Waals surface area (Å²) in [7, 11) is 0. The van der Waals surface area contributed by atoms with Gasteiger partial charge in [-0.1, -0.05) is 6.07 Å². The fourth-order valence-electron chi connectivity index (χ4n) is 1.61. The van der Waals surface area contributed by atoms with Crippen molar-refractivity contribution < 1.29 is 0 Å². The van der Waals surface area contributed by atoms with E-state index in [9.17, 15) is 0 Å². The Balaban J connectivity index is 1.92. The Labute approximate surface area is 89.7 Å². The summed E-state index contributed by atoms with van der Waals surface area (Å²) in [6, 6.07) is 4.28. The van der Waals surface area contributed by atoms with E-state index in [0.29, 0.717) is 0 Å². The molecule has 2 nitrogen and oxygen atoms in total. The third kappa shape index (κ3) is 2.72. The van der Waals surface area contributed by atoms with Gasteiger partial charge in [-0.25, -0.2) is 0 Å². The van der Waals surface area contributed by atoms with Gasteiger partial charge in [-0.15, -0.1) is 0 Å². The largest absolute Gasteiger partial charge is 0.297 e. The lowest BCUT2D eigenvalue weighted by Crippen LogP contribution is -2.31. The number of hydrogen-bond acceptors (Lipinski definition) is 3. The zero-order chi connectivity index (χ0) is 9.80. The lowest BCUT2D eigenvalue weighted by molar-refractivity contribution is 0.294. The first kappa shape index (κ1) is 9.99. The minimum Gasteiger partial charge on any atom is -0.297 e. The van der Waals surface area contributed by atoms with Crippen molar-refractivity contribution in [2.45, 2.75) is 13.5 Å². The van der Waals surface area contributed by atoms with Crippen LogP contribution < -0.4 is 0 Å². The van der Waals surface area contributed by atoms with E-state index in [1.165, 1.54) is 30.2 Å². The average molecular weight is 208 g/mol. The first-order chi connectivity index (χ1) is 6.84. The van der Waals surface area contributed by atoms with Gasteiger partial charge in [0.15, 0.2) is 0 Å². The van der Waals surface area contributed by atoms with E-state index in [1.807, 2.05) is 13.1 Å². The van der Waals surface area contributed by atoms with Gasteiger partial charge in [0.2, 0.25) is 0 Å². The van der Waals surface area contributed by atoms with E-state index in [2.05, 4.69) is 33.8 Å². The van der Waals surface area contributed by atoms with Crippen LogP contribution in [0, 0.1) is 6.92 Å². The first-order valence-electron chi connectivity index (χ1n) is 5.06. The Morgan fingerprint density at radius 2 is 2.14 bits per heavy atom. The maximum atomic E-state index is 4.31. The van der Waals surface area contributed by atoms with Gasteiger partial charge in [0.1, 0.15) is 0 Å². The Hall–Kier alpha value is -0.540. The fraction of sp³-hybridized carbons (Fsp3) is 0.545. The van der Waals surface area contributed by atoms with Gasteiger partial charge in [-0.3, -0.25) is 9.88 Å². The van der Waals surface area contributed by atoms with Crippen molar-refractivity contribution in [2.75, 3.05) is 24.6 Å². The molecule has 1 aromatic heterocycles. The number of aryl methyl sites for hydroxylation is 1. The molecule has 1 saturated heterocycles. The van der Waals surface area contributed by atoms with Crippen LogP contribution in [0.15, 0.2) is 18.3 Å². The molecule has 1 fully saturated rings. The van der Waals surface area contributed by atoms with Crippen molar-refractivity contribution >= 4 is 11.8 Å². The molecule has 1 aliphatic heterocycles. The molecular weight excluding hydrogens is 192 g/mol. The third-order valence-electron chi connectivity index (χ3n) is 2.48. The van der Waals surface area contributed by atoms with E-state index in [0.717, 1.165) is 12.2 Å². The second kappa shape index (κ2) is 4.80. The summed E-state index contributed by atoms with van der Waals surface area (Å²) in [5.41, 5.74) is 2.44. The summed E-state index contributed by atoms with van der Waals surface area (Å²) < 4.78 is 0. The Morgan fingerprint density at radius 3 is 2.79 bits per heavy atom. The van der Waals surface area contributed by atoms with E-state index >= 15 is 0 Å². The summed E-state index contributed by atoms with van der Waals surface area (Å²) in [6.07, 6.45) is 2.00. The maximum absolute atomic E-state index is 4.31. The Bertz CT molecular complexity index is 278. The molecule has 0 N–H and O–H groups in total. The minimum atomic E-state index is 1.06. The predicted octanol–water partition coefficient (Wildman–Crippen LogP) is 1.94. The van der Waals surface area contributed by atoms with Gasteiger partial charge < -0.3 is 0 Å². The highest BCUT2D eigenvalue weighted by molar-refractivity contribution is 7.99. The average Bonchev–Trinajstić information content (AvgIpc) is 2.23. The van der Waals surface area contributed by atoms with E-state index in [1.54, 1.807) is 0 Å². The monoisotopic (exact) mass is 208 g/mol. The molecule has 0 unspecified atom stereocenters. The molecule has 0 saturated carbocycles. The molecule has 0 atom stereocenters. The van der Waals surface area contributed by atoms with Crippen LogP contribution in [-0.2, 0) is 6.54 Å². The van der Waals surface area contributed by atoms with Gasteiger partial charge >= 0.3 is 0 Å². The molecular formula is C11H16N2S. The summed E-state index contributed by atoms with van der Waals surface area (Å²) in [5.74, 6) is 2.55. The Kier molecular flexibility index (Phi) is 3.43. The van der Waals surface area contributed by atoms with Gasteiger partial charge in [-0.2, -0.15) is 11.8 Å². The van der Waals surface area contributed by atoms with E-state index in [-0.39, 0.29) is 0 Å². The molecule has 76 valence electrons. The summed E-state index contributed by atoms with van der Waals surface area (Å²) in [4.78, 5) is 6.82. The van der Waals surface area contributed by atoms with Crippen molar-refractivity contribution in [1.29, 1.82) is 0 Å². The first-order valence-corrected chi connectivity index (χ1v) is 6.22. The van der Waals surface area contributed by atoms with E-state index < -0.39 is 0 Å². The molecule has 2 rings (SSSR count). The predicted molar refractivity (Wildman–Crippen MR) is 61.6 cm³/mol. The highest BCUT2D eigenvalue weighted by Crippen LogP contribution is 2.12. The molecule has 1 aliphatic rings. The van der Waals surface area contributed by atoms with Crippen LogP contribution in [0.5, 0.6) is 0 Å². The van der Waals surface area contributed by atoms with Crippen LogP contribution in [0.1, 0.15) is 11.3 Å². The molecule has 0 aromatic carbocycles. The maximum Gasteiger partial charge on any atom is 0.0372 e. The fourth-order valence-corrected chi connectivity index (χ4v) is 2.59. The van der Waals surface area contributed by atoms with Gasteiger partial charge in [0, 0.05) is 43.0 Å². The van der Waals surface area contributed by atoms with Crippen LogP contribution in [0.25, 0.3) is 0 Å². The van der Waals surface area contributed by atoms with Crippen LogP contribution in [0.2, 0.25) is 0 Å². The number of aromatic nitrogens is 1. The summed E-state index contributed by atoms with van der Waals surface area (Å²) in [5, 5.41) is 0. The van der Waals surface area contributed by atoms with Crippen molar-refractivity contribution in [2.24, 2.45) is 0 Å². The quantitative estimate of drug-likeness (QED) is 0.739. The topological polar surface area (TPSA) is 16.1 Å². The van der Waals surface area contributed by atoms with Crippen LogP contribution >= 0.6 is 11.8 Å². The standard InChI is InChI=1S/C11H16N2S/c1-10-2-3-11(8-12-10)9-13-4-6-14-7-5-13/h2-3,8H,4-7,9H2,1H3. The zero-order valence-corrected chi connectivity index (χ0v) is 9.39. The second-order valence-corrected chi connectivity index (χ2v) is 4.92. The molecule has 0 radical (unpaired) electrons. The number of nitrogens with zero attached hydrogens (tertiary/aromatic N) is 2. The molecule has 0 amide bonds. The van der Waals surface area contributed by atoms with Crippen molar-refractivity contribution in [1.82, 2.24) is 9.88 Å². The van der Waals surface area contributed by atoms with Gasteiger partial charge in [0.05, 0.1) is 0 Å². The summed E-state index contributed by atoms with van der Waals surface area (Å²) in [6.45, 7) is 5.53. The third-order valence-corrected chi connectivity index (χ3v) is 3.43. The molecule has 0 aliphatic carbocycles. The molecule has 3 heteroatoms. The zero-order valence-electron chi connectivity index (χ0n) is 8.57. The van der Waals surface area contributed by atoms with E-state index in [4.69, 9.17) is 0 Å². The lowest BCUT2D eigenvalue weighted by atomic mass is 10.2. The van der Waals surface area contributed by atoms with Gasteiger partial charge in [-0.05, 0) is 18.6 Å². The van der Waals surface area contributed by atoms with Crippen molar-refractivity contribution in [3.05, 3.63) is 29.6 Å². The van der Waals surface area contributed by atoms with Crippen molar-refractivity contribution in [3.8, 4) is 0 Å². The lowest BCUT2D eigenvalue weighted by Gasteiger charge is -2.25. The second-order valence-electron chi connectivity index (χ2n) is 3.70. The normalized spacial score (nSPS) is 18.4. The molecule has 0 bridgehead atoms. The molecule has 0 spiro atoms.